The Balaban J connectivity index is 3.25. The summed E-state index contributed by atoms with van der Waals surface area (Å²) >= 11 is 0. The number of hydrogen-bond donors (Lipinski definition) is 1. The van der Waals surface area contributed by atoms with Gasteiger partial charge in [-0.2, -0.15) is 0 Å². The molecular weight excluding hydrogens is 230 g/mol. The Labute approximate surface area is 108 Å². The second-order valence-corrected chi connectivity index (χ2v) is 4.34. The smallest absolute Gasteiger partial charge is 0.317 e. The topological polar surface area (TPSA) is 61.5 Å². The lowest BCUT2D eigenvalue weighted by molar-refractivity contribution is -0.148. The third-order valence-electron chi connectivity index (χ3n) is 3.32. The highest BCUT2D eigenvalue weighted by Crippen LogP contribution is 2.31. The number of esters is 1. The standard InChI is InChI=1S/C14H21NO3/c1-11-6-4-5-7-12(11)14(10-15,8-9-17-2)13(16)18-3/h4-7H,8-10,15H2,1-3H3. The molecule has 0 aliphatic rings. The van der Waals surface area contributed by atoms with Crippen molar-refractivity contribution in [2.24, 2.45) is 5.73 Å². The monoisotopic (exact) mass is 251 g/mol. The molecule has 1 aromatic carbocycles. The Bertz CT molecular complexity index is 406. The zero-order valence-corrected chi connectivity index (χ0v) is 11.2. The summed E-state index contributed by atoms with van der Waals surface area (Å²) in [4.78, 5) is 12.2. The highest BCUT2D eigenvalue weighted by molar-refractivity contribution is 5.84. The second-order valence-electron chi connectivity index (χ2n) is 4.34. The fourth-order valence-corrected chi connectivity index (χ4v) is 2.22. The van der Waals surface area contributed by atoms with E-state index in [-0.39, 0.29) is 12.5 Å². The molecule has 1 unspecified atom stereocenters. The van der Waals surface area contributed by atoms with Crippen molar-refractivity contribution in [2.75, 3.05) is 27.4 Å². The van der Waals surface area contributed by atoms with Crippen molar-refractivity contribution in [3.63, 3.8) is 0 Å². The molecule has 100 valence electrons. The minimum absolute atomic E-state index is 0.202. The summed E-state index contributed by atoms with van der Waals surface area (Å²) < 4.78 is 10.0. The molecule has 1 rings (SSSR count). The van der Waals surface area contributed by atoms with Crippen LogP contribution < -0.4 is 5.73 Å². The third-order valence-corrected chi connectivity index (χ3v) is 3.32. The van der Waals surface area contributed by atoms with Gasteiger partial charge in [-0.1, -0.05) is 24.3 Å². The normalized spacial score (nSPS) is 14.0. The SMILES string of the molecule is COCCC(CN)(C(=O)OC)c1ccccc1C. The molecule has 0 aliphatic carbocycles. The first-order valence-corrected chi connectivity index (χ1v) is 5.96. The Morgan fingerprint density at radius 1 is 1.33 bits per heavy atom. The van der Waals surface area contributed by atoms with Gasteiger partial charge < -0.3 is 15.2 Å². The molecule has 0 bridgehead atoms. The van der Waals surface area contributed by atoms with Crippen molar-refractivity contribution < 1.29 is 14.3 Å². The number of ether oxygens (including phenoxy) is 2. The van der Waals surface area contributed by atoms with E-state index in [0.29, 0.717) is 13.0 Å². The maximum Gasteiger partial charge on any atom is 0.317 e. The van der Waals surface area contributed by atoms with Crippen molar-refractivity contribution >= 4 is 5.97 Å². The molecule has 0 aromatic heterocycles. The van der Waals surface area contributed by atoms with E-state index in [0.717, 1.165) is 11.1 Å². The van der Waals surface area contributed by atoms with E-state index in [2.05, 4.69) is 0 Å². The minimum atomic E-state index is -0.823. The first-order valence-electron chi connectivity index (χ1n) is 5.96. The largest absolute Gasteiger partial charge is 0.468 e. The van der Waals surface area contributed by atoms with Crippen LogP contribution >= 0.6 is 0 Å². The van der Waals surface area contributed by atoms with Gasteiger partial charge in [-0.15, -0.1) is 0 Å². The number of aryl methyl sites for hydroxylation is 1. The molecule has 1 aromatic rings. The summed E-state index contributed by atoms with van der Waals surface area (Å²) in [6, 6.07) is 7.74. The van der Waals surface area contributed by atoms with E-state index in [4.69, 9.17) is 15.2 Å². The second kappa shape index (κ2) is 6.52. The van der Waals surface area contributed by atoms with Crippen LogP contribution in [0.3, 0.4) is 0 Å². The Morgan fingerprint density at radius 3 is 2.50 bits per heavy atom. The van der Waals surface area contributed by atoms with Crippen LogP contribution in [0.2, 0.25) is 0 Å². The molecule has 0 amide bonds. The maximum atomic E-state index is 12.2. The van der Waals surface area contributed by atoms with Crippen LogP contribution in [0.1, 0.15) is 17.5 Å². The van der Waals surface area contributed by atoms with Gasteiger partial charge in [0.15, 0.2) is 0 Å². The molecule has 4 nitrogen and oxygen atoms in total. The van der Waals surface area contributed by atoms with Gasteiger partial charge in [-0.25, -0.2) is 0 Å². The molecule has 0 spiro atoms. The van der Waals surface area contributed by atoms with E-state index in [1.807, 2.05) is 31.2 Å². The number of nitrogens with two attached hydrogens (primary N) is 1. The molecule has 2 N–H and O–H groups in total. The summed E-state index contributed by atoms with van der Waals surface area (Å²) in [5.41, 5.74) is 6.99. The molecule has 0 aliphatic heterocycles. The van der Waals surface area contributed by atoms with Gasteiger partial charge in [-0.3, -0.25) is 4.79 Å². The zero-order valence-electron chi connectivity index (χ0n) is 11.2. The summed E-state index contributed by atoms with van der Waals surface area (Å²) in [5, 5.41) is 0. The number of hydrogen-bond acceptors (Lipinski definition) is 4. The number of benzene rings is 1. The van der Waals surface area contributed by atoms with Crippen LogP contribution in [0.4, 0.5) is 0 Å². The fraction of sp³-hybridized carbons (Fsp3) is 0.500. The van der Waals surface area contributed by atoms with Gasteiger partial charge in [0.25, 0.3) is 0 Å². The number of carbonyl (C=O) groups excluding carboxylic acids is 1. The zero-order chi connectivity index (χ0) is 13.6. The summed E-state index contributed by atoms with van der Waals surface area (Å²) in [7, 11) is 2.99. The molecule has 0 saturated heterocycles. The molecule has 0 fully saturated rings. The molecule has 0 radical (unpaired) electrons. The lowest BCUT2D eigenvalue weighted by Crippen LogP contribution is -2.45. The van der Waals surface area contributed by atoms with Crippen molar-refractivity contribution in [1.29, 1.82) is 0 Å². The van der Waals surface area contributed by atoms with Crippen LogP contribution in [0, 0.1) is 6.92 Å². The summed E-state index contributed by atoms with van der Waals surface area (Å²) in [5.74, 6) is -0.309. The average Bonchev–Trinajstić information content (AvgIpc) is 2.41. The first kappa shape index (κ1) is 14.7. The Kier molecular flexibility index (Phi) is 5.31. The number of rotatable bonds is 6. The van der Waals surface area contributed by atoms with Crippen LogP contribution in [-0.4, -0.2) is 33.3 Å². The van der Waals surface area contributed by atoms with E-state index in [1.54, 1.807) is 7.11 Å². The van der Waals surface area contributed by atoms with Gasteiger partial charge in [0, 0.05) is 20.3 Å². The highest BCUT2D eigenvalue weighted by Gasteiger charge is 2.40. The predicted molar refractivity (Wildman–Crippen MR) is 70.4 cm³/mol. The van der Waals surface area contributed by atoms with Crippen LogP contribution in [-0.2, 0) is 19.7 Å². The molecule has 18 heavy (non-hydrogen) atoms. The van der Waals surface area contributed by atoms with Crippen LogP contribution in [0.15, 0.2) is 24.3 Å². The molecule has 1 atom stereocenters. The van der Waals surface area contributed by atoms with Gasteiger partial charge in [0.1, 0.15) is 5.41 Å². The van der Waals surface area contributed by atoms with E-state index >= 15 is 0 Å². The fourth-order valence-electron chi connectivity index (χ4n) is 2.22. The van der Waals surface area contributed by atoms with E-state index in [1.165, 1.54) is 7.11 Å². The average molecular weight is 251 g/mol. The molecule has 0 saturated carbocycles. The van der Waals surface area contributed by atoms with Gasteiger partial charge in [-0.05, 0) is 24.5 Å². The van der Waals surface area contributed by atoms with Crippen molar-refractivity contribution in [2.45, 2.75) is 18.8 Å². The highest BCUT2D eigenvalue weighted by atomic mass is 16.5. The minimum Gasteiger partial charge on any atom is -0.468 e. The Hall–Kier alpha value is -1.39. The Morgan fingerprint density at radius 2 is 2.00 bits per heavy atom. The summed E-state index contributed by atoms with van der Waals surface area (Å²) in [6.45, 7) is 2.63. The van der Waals surface area contributed by atoms with Crippen LogP contribution in [0.5, 0.6) is 0 Å². The molecular formula is C14H21NO3. The van der Waals surface area contributed by atoms with Gasteiger partial charge in [0.2, 0.25) is 0 Å². The molecule has 4 heteroatoms. The number of carbonyl (C=O) groups is 1. The first-order chi connectivity index (χ1) is 8.62. The quantitative estimate of drug-likeness (QED) is 0.776. The van der Waals surface area contributed by atoms with E-state index in [9.17, 15) is 4.79 Å². The van der Waals surface area contributed by atoms with Crippen molar-refractivity contribution in [1.82, 2.24) is 0 Å². The number of methoxy groups -OCH3 is 2. The van der Waals surface area contributed by atoms with Crippen molar-refractivity contribution in [3.05, 3.63) is 35.4 Å². The van der Waals surface area contributed by atoms with Gasteiger partial charge >= 0.3 is 5.97 Å². The molecule has 0 heterocycles. The van der Waals surface area contributed by atoms with Gasteiger partial charge in [0.05, 0.1) is 7.11 Å². The van der Waals surface area contributed by atoms with Crippen LogP contribution in [0.25, 0.3) is 0 Å². The lowest BCUT2D eigenvalue weighted by atomic mass is 9.76. The lowest BCUT2D eigenvalue weighted by Gasteiger charge is -2.31. The van der Waals surface area contributed by atoms with E-state index < -0.39 is 5.41 Å². The predicted octanol–water partition coefficient (Wildman–Crippen LogP) is 1.40. The third kappa shape index (κ3) is 2.71. The summed E-state index contributed by atoms with van der Waals surface area (Å²) in [6.07, 6.45) is 0.511. The van der Waals surface area contributed by atoms with Crippen molar-refractivity contribution in [3.8, 4) is 0 Å². The maximum absolute atomic E-state index is 12.2.